The van der Waals surface area contributed by atoms with Crippen molar-refractivity contribution in [3.63, 3.8) is 0 Å². The van der Waals surface area contributed by atoms with Crippen molar-refractivity contribution in [3.8, 4) is 0 Å². The number of hydrogen-bond acceptors (Lipinski definition) is 5. The molecule has 0 fully saturated rings. The van der Waals surface area contributed by atoms with Crippen molar-refractivity contribution in [3.05, 3.63) is 33.9 Å². The van der Waals surface area contributed by atoms with Crippen molar-refractivity contribution >= 4 is 21.2 Å². The van der Waals surface area contributed by atoms with Crippen LogP contribution in [-0.4, -0.2) is 31.4 Å². The summed E-state index contributed by atoms with van der Waals surface area (Å²) in [5.74, 6) is -0.360. The Morgan fingerprint density at radius 2 is 1.95 bits per heavy atom. The van der Waals surface area contributed by atoms with Gasteiger partial charge in [-0.3, -0.25) is 10.1 Å². The summed E-state index contributed by atoms with van der Waals surface area (Å²) in [6, 6.07) is 1.47. The first-order chi connectivity index (χ1) is 9.40. The molecule has 0 saturated carbocycles. The lowest BCUT2D eigenvalue weighted by Gasteiger charge is -2.18. The summed E-state index contributed by atoms with van der Waals surface area (Å²) in [6.45, 7) is 1.41. The second-order valence-corrected chi connectivity index (χ2v) is 6.81. The Morgan fingerprint density at radius 1 is 1.38 bits per heavy atom. The van der Waals surface area contributed by atoms with E-state index in [2.05, 4.69) is 5.32 Å². The molecule has 1 atom stereocenters. The first-order valence-electron chi connectivity index (χ1n) is 5.70. The Morgan fingerprint density at radius 3 is 2.38 bits per heavy atom. The van der Waals surface area contributed by atoms with Crippen LogP contribution in [0.5, 0.6) is 0 Å². The molecule has 0 aliphatic heterocycles. The highest BCUT2D eigenvalue weighted by molar-refractivity contribution is 7.90. The van der Waals surface area contributed by atoms with Crippen LogP contribution in [0.25, 0.3) is 0 Å². The van der Waals surface area contributed by atoms with Crippen molar-refractivity contribution in [2.24, 2.45) is 0 Å². The van der Waals surface area contributed by atoms with Crippen LogP contribution in [-0.2, 0) is 16.0 Å². The normalized spacial score (nSPS) is 13.8. The number of nitrogens with one attached hydrogen (secondary N) is 1. The molecule has 0 radical (unpaired) electrons. The van der Waals surface area contributed by atoms with E-state index in [1.165, 1.54) is 6.92 Å². The fourth-order valence-electron chi connectivity index (χ4n) is 1.77. The summed E-state index contributed by atoms with van der Waals surface area (Å²) in [7, 11) is -3.37. The maximum absolute atomic E-state index is 12.9. The summed E-state index contributed by atoms with van der Waals surface area (Å²) < 4.78 is 60.9. The average molecular weight is 326 g/mol. The molecule has 0 aromatic heterocycles. The van der Waals surface area contributed by atoms with Crippen molar-refractivity contribution in [2.75, 3.05) is 17.3 Å². The fourth-order valence-corrected chi connectivity index (χ4v) is 2.76. The van der Waals surface area contributed by atoms with Gasteiger partial charge < -0.3 is 5.32 Å². The van der Waals surface area contributed by atoms with Gasteiger partial charge in [-0.1, -0.05) is 0 Å². The van der Waals surface area contributed by atoms with E-state index in [9.17, 15) is 31.7 Å². The zero-order valence-electron chi connectivity index (χ0n) is 11.1. The number of halogens is 3. The molecule has 0 heterocycles. The second-order valence-electron chi connectivity index (χ2n) is 4.62. The standard InChI is InChI=1S/C11H13F3N2O4S/c1-7(6-21(2,19)20)15-10-4-3-8(16(17)18)5-9(10)11(12,13)14/h3-5,7,15H,6H2,1-2H3. The van der Waals surface area contributed by atoms with E-state index in [-0.39, 0.29) is 5.75 Å². The summed E-state index contributed by atoms with van der Waals surface area (Å²) in [5, 5.41) is 13.0. The van der Waals surface area contributed by atoms with Crippen LogP contribution < -0.4 is 5.32 Å². The number of nitro groups is 1. The first kappa shape index (κ1) is 17.2. The minimum atomic E-state index is -4.79. The zero-order chi connectivity index (χ0) is 16.4. The van der Waals surface area contributed by atoms with E-state index in [4.69, 9.17) is 0 Å². The van der Waals surface area contributed by atoms with E-state index >= 15 is 0 Å². The van der Waals surface area contributed by atoms with E-state index in [1.54, 1.807) is 0 Å². The van der Waals surface area contributed by atoms with Gasteiger partial charge in [0.25, 0.3) is 5.69 Å². The molecule has 10 heteroatoms. The highest BCUT2D eigenvalue weighted by atomic mass is 32.2. The van der Waals surface area contributed by atoms with Crippen LogP contribution >= 0.6 is 0 Å². The smallest absolute Gasteiger partial charge is 0.381 e. The Bertz CT molecular complexity index is 643. The molecule has 1 unspecified atom stereocenters. The topological polar surface area (TPSA) is 89.3 Å². The molecule has 21 heavy (non-hydrogen) atoms. The largest absolute Gasteiger partial charge is 0.418 e. The summed E-state index contributed by atoms with van der Waals surface area (Å²) in [6.07, 6.45) is -3.83. The van der Waals surface area contributed by atoms with E-state index in [0.717, 1.165) is 18.4 Å². The van der Waals surface area contributed by atoms with Crippen molar-refractivity contribution < 1.29 is 26.5 Å². The quantitative estimate of drug-likeness (QED) is 0.663. The Kier molecular flexibility index (Phi) is 4.82. The van der Waals surface area contributed by atoms with Gasteiger partial charge in [0.15, 0.2) is 0 Å². The fraction of sp³-hybridized carbons (Fsp3) is 0.455. The third kappa shape index (κ3) is 5.21. The molecule has 1 aromatic rings. The minimum absolute atomic E-state index is 0.360. The predicted molar refractivity (Wildman–Crippen MR) is 70.9 cm³/mol. The molecular formula is C11H13F3N2O4S. The molecule has 0 bridgehead atoms. The van der Waals surface area contributed by atoms with Gasteiger partial charge in [-0.15, -0.1) is 0 Å². The lowest BCUT2D eigenvalue weighted by molar-refractivity contribution is -0.385. The van der Waals surface area contributed by atoms with Crippen LogP contribution in [0.15, 0.2) is 18.2 Å². The highest BCUT2D eigenvalue weighted by Gasteiger charge is 2.35. The van der Waals surface area contributed by atoms with E-state index in [1.807, 2.05) is 0 Å². The summed E-state index contributed by atoms with van der Waals surface area (Å²) in [4.78, 5) is 9.61. The molecule has 1 N–H and O–H groups in total. The molecule has 0 saturated heterocycles. The summed E-state index contributed by atoms with van der Waals surface area (Å²) >= 11 is 0. The number of sulfone groups is 1. The van der Waals surface area contributed by atoms with Gasteiger partial charge in [0, 0.05) is 30.1 Å². The molecule has 1 aromatic carbocycles. The molecule has 118 valence electrons. The van der Waals surface area contributed by atoms with Gasteiger partial charge in [-0.05, 0) is 13.0 Å². The molecule has 0 aliphatic rings. The van der Waals surface area contributed by atoms with Gasteiger partial charge in [0.05, 0.1) is 16.2 Å². The zero-order valence-corrected chi connectivity index (χ0v) is 12.0. The third-order valence-electron chi connectivity index (χ3n) is 2.47. The molecule has 6 nitrogen and oxygen atoms in total. The van der Waals surface area contributed by atoms with Gasteiger partial charge in [-0.2, -0.15) is 13.2 Å². The maximum atomic E-state index is 12.9. The number of benzene rings is 1. The Hall–Kier alpha value is -1.84. The van der Waals surface area contributed by atoms with Crippen LogP contribution in [0.3, 0.4) is 0 Å². The van der Waals surface area contributed by atoms with Gasteiger partial charge >= 0.3 is 6.18 Å². The minimum Gasteiger partial charge on any atom is -0.381 e. The number of alkyl halides is 3. The third-order valence-corrected chi connectivity index (χ3v) is 3.58. The van der Waals surface area contributed by atoms with E-state index in [0.29, 0.717) is 6.07 Å². The SMILES string of the molecule is CC(CS(C)(=O)=O)Nc1ccc([N+](=O)[O-])cc1C(F)(F)F. The van der Waals surface area contributed by atoms with E-state index < -0.39 is 43.9 Å². The monoisotopic (exact) mass is 326 g/mol. The number of nitrogens with zero attached hydrogens (tertiary/aromatic N) is 1. The number of nitro benzene ring substituents is 1. The Labute approximate surface area is 119 Å². The number of rotatable bonds is 5. The molecule has 0 aliphatic carbocycles. The van der Waals surface area contributed by atoms with Crippen LogP contribution in [0.4, 0.5) is 24.5 Å². The van der Waals surface area contributed by atoms with Crippen LogP contribution in [0.2, 0.25) is 0 Å². The van der Waals surface area contributed by atoms with Crippen molar-refractivity contribution in [2.45, 2.75) is 19.1 Å². The van der Waals surface area contributed by atoms with Gasteiger partial charge in [-0.25, -0.2) is 8.42 Å². The lowest BCUT2D eigenvalue weighted by atomic mass is 10.1. The Balaban J connectivity index is 3.15. The molecular weight excluding hydrogens is 313 g/mol. The number of anilines is 1. The van der Waals surface area contributed by atoms with Crippen molar-refractivity contribution in [1.29, 1.82) is 0 Å². The summed E-state index contributed by atoms with van der Waals surface area (Å²) in [5.41, 5.74) is -2.30. The highest BCUT2D eigenvalue weighted by Crippen LogP contribution is 2.37. The maximum Gasteiger partial charge on any atom is 0.418 e. The lowest BCUT2D eigenvalue weighted by Crippen LogP contribution is -2.26. The molecule has 1 rings (SSSR count). The number of non-ortho nitro benzene ring substituents is 1. The first-order valence-corrected chi connectivity index (χ1v) is 7.76. The number of hydrogen-bond donors (Lipinski definition) is 1. The van der Waals surface area contributed by atoms with Gasteiger partial charge in [0.1, 0.15) is 9.84 Å². The van der Waals surface area contributed by atoms with Crippen LogP contribution in [0, 0.1) is 10.1 Å². The molecule has 0 spiro atoms. The van der Waals surface area contributed by atoms with Crippen molar-refractivity contribution in [1.82, 2.24) is 0 Å². The van der Waals surface area contributed by atoms with Crippen LogP contribution in [0.1, 0.15) is 12.5 Å². The van der Waals surface area contributed by atoms with Gasteiger partial charge in [0.2, 0.25) is 0 Å². The molecule has 0 amide bonds. The predicted octanol–water partition coefficient (Wildman–Crippen LogP) is 2.46. The second kappa shape index (κ2) is 5.88. The average Bonchev–Trinajstić information content (AvgIpc) is 2.24.